The number of anilines is 6. The molecule has 12 rings (SSSR count). The smallest absolute Gasteiger partial charge is 0.0991 e. The monoisotopic (exact) mass is 800 g/mol. The van der Waals surface area contributed by atoms with Gasteiger partial charge in [0.25, 0.3) is 0 Å². The summed E-state index contributed by atoms with van der Waals surface area (Å²) < 4.78 is 0. The first-order chi connectivity index (χ1) is 31.2. The SMILES string of the molecule is N#Cc1ccc(N(c2ccccc2)c2ccc3c(c2)C2(c4ccccc4-c4ccccc42)c2c-3c3ccccc3c3cc(N(c4ccccc4)c4ccc(C#N)cc4)ccc23)cc1. The van der Waals surface area contributed by atoms with Gasteiger partial charge in [0.1, 0.15) is 0 Å². The van der Waals surface area contributed by atoms with Gasteiger partial charge in [-0.25, -0.2) is 0 Å². The summed E-state index contributed by atoms with van der Waals surface area (Å²) in [6, 6.07) is 82.1. The Kier molecular flexibility index (Phi) is 8.16. The van der Waals surface area contributed by atoms with Crippen LogP contribution in [0.3, 0.4) is 0 Å². The predicted octanol–water partition coefficient (Wildman–Crippen LogP) is 15.0. The number of para-hydroxylation sites is 2. The molecular weight excluding hydrogens is 765 g/mol. The molecule has 0 N–H and O–H groups in total. The quantitative estimate of drug-likeness (QED) is 0.157. The molecule has 0 saturated carbocycles. The van der Waals surface area contributed by atoms with E-state index in [1.54, 1.807) is 0 Å². The van der Waals surface area contributed by atoms with E-state index >= 15 is 0 Å². The van der Waals surface area contributed by atoms with Crippen LogP contribution in [0.4, 0.5) is 34.1 Å². The number of hydrogen-bond acceptors (Lipinski definition) is 4. The molecule has 0 fully saturated rings. The lowest BCUT2D eigenvalue weighted by Gasteiger charge is -2.33. The summed E-state index contributed by atoms with van der Waals surface area (Å²) in [5, 5.41) is 24.2. The molecule has 0 saturated heterocycles. The van der Waals surface area contributed by atoms with E-state index in [2.05, 4.69) is 180 Å². The third kappa shape index (κ3) is 5.33. The Bertz CT molecular complexity index is 3480. The van der Waals surface area contributed by atoms with Crippen molar-refractivity contribution in [2.45, 2.75) is 5.41 Å². The maximum atomic E-state index is 9.71. The molecule has 2 aliphatic rings. The second-order valence-corrected chi connectivity index (χ2v) is 16.3. The summed E-state index contributed by atoms with van der Waals surface area (Å²) in [6.07, 6.45) is 0. The van der Waals surface area contributed by atoms with Crippen molar-refractivity contribution in [1.29, 1.82) is 10.5 Å². The largest absolute Gasteiger partial charge is 0.310 e. The van der Waals surface area contributed by atoms with E-state index in [9.17, 15) is 10.5 Å². The molecule has 0 bridgehead atoms. The molecule has 10 aromatic carbocycles. The molecule has 4 heteroatoms. The number of nitriles is 2. The van der Waals surface area contributed by atoms with Crippen LogP contribution in [-0.4, -0.2) is 0 Å². The van der Waals surface area contributed by atoms with Crippen molar-refractivity contribution >= 4 is 55.7 Å². The number of hydrogen-bond donors (Lipinski definition) is 0. The highest BCUT2D eigenvalue weighted by atomic mass is 15.1. The third-order valence-electron chi connectivity index (χ3n) is 13.1. The summed E-state index contributed by atoms with van der Waals surface area (Å²) >= 11 is 0. The van der Waals surface area contributed by atoms with Gasteiger partial charge in [-0.1, -0.05) is 121 Å². The summed E-state index contributed by atoms with van der Waals surface area (Å²) in [7, 11) is 0. The molecule has 0 aromatic heterocycles. The lowest BCUT2D eigenvalue weighted by Crippen LogP contribution is -2.26. The summed E-state index contributed by atoms with van der Waals surface area (Å²) in [6.45, 7) is 0. The Labute approximate surface area is 366 Å². The second kappa shape index (κ2) is 14.2. The Morgan fingerprint density at radius 1 is 0.317 bits per heavy atom. The summed E-state index contributed by atoms with van der Waals surface area (Å²) in [5.41, 5.74) is 16.8. The lowest BCUT2D eigenvalue weighted by atomic mass is 9.69. The standard InChI is InChI=1S/C59H36N4/c60-37-39-23-27-43(28-24-39)62(41-13-3-1-4-14-41)45-31-33-51-53(35-45)47-17-7-8-20-50(47)57-52-34-32-46(63(42-15-5-2-6-16-42)44-29-25-40(38-61)26-30-44)36-56(52)59(58(51)57)54-21-11-9-18-48(54)49-19-10-12-22-55(49)59/h1-36H. The van der Waals surface area contributed by atoms with Gasteiger partial charge in [-0.15, -0.1) is 0 Å². The van der Waals surface area contributed by atoms with Crippen LogP contribution in [0.2, 0.25) is 0 Å². The normalized spacial score (nSPS) is 12.5. The average Bonchev–Trinajstić information content (AvgIpc) is 3.83. The van der Waals surface area contributed by atoms with Gasteiger partial charge in [-0.05, 0) is 163 Å². The molecule has 10 aromatic rings. The van der Waals surface area contributed by atoms with Crippen LogP contribution in [0.25, 0.3) is 43.8 Å². The average molecular weight is 801 g/mol. The Balaban J connectivity index is 1.18. The molecule has 4 nitrogen and oxygen atoms in total. The first kappa shape index (κ1) is 36.2. The second-order valence-electron chi connectivity index (χ2n) is 16.3. The zero-order chi connectivity index (χ0) is 42.1. The fourth-order valence-electron chi connectivity index (χ4n) is 10.5. The van der Waals surface area contributed by atoms with Crippen molar-refractivity contribution in [1.82, 2.24) is 0 Å². The van der Waals surface area contributed by atoms with E-state index in [1.165, 1.54) is 66.1 Å². The van der Waals surface area contributed by atoms with E-state index in [-0.39, 0.29) is 0 Å². The summed E-state index contributed by atoms with van der Waals surface area (Å²) in [4.78, 5) is 4.58. The van der Waals surface area contributed by atoms with Gasteiger partial charge >= 0.3 is 0 Å². The fourth-order valence-corrected chi connectivity index (χ4v) is 10.5. The molecule has 0 amide bonds. The first-order valence-electron chi connectivity index (χ1n) is 21.2. The highest BCUT2D eigenvalue weighted by Crippen LogP contribution is 2.66. The van der Waals surface area contributed by atoms with Crippen LogP contribution >= 0.6 is 0 Å². The number of rotatable bonds is 6. The molecule has 0 heterocycles. The highest BCUT2D eigenvalue weighted by Gasteiger charge is 2.53. The van der Waals surface area contributed by atoms with Crippen LogP contribution in [-0.2, 0) is 5.41 Å². The lowest BCUT2D eigenvalue weighted by molar-refractivity contribution is 0.801. The predicted molar refractivity (Wildman–Crippen MR) is 257 cm³/mol. The van der Waals surface area contributed by atoms with Crippen molar-refractivity contribution in [3.05, 3.63) is 252 Å². The molecule has 0 atom stereocenters. The maximum Gasteiger partial charge on any atom is 0.0991 e. The molecule has 0 unspecified atom stereocenters. The van der Waals surface area contributed by atoms with Gasteiger partial charge in [0.2, 0.25) is 0 Å². The van der Waals surface area contributed by atoms with Crippen molar-refractivity contribution in [3.63, 3.8) is 0 Å². The number of benzene rings is 10. The van der Waals surface area contributed by atoms with Crippen LogP contribution < -0.4 is 9.80 Å². The third-order valence-corrected chi connectivity index (χ3v) is 13.1. The molecule has 0 radical (unpaired) electrons. The molecule has 292 valence electrons. The van der Waals surface area contributed by atoms with E-state index in [4.69, 9.17) is 0 Å². The zero-order valence-electron chi connectivity index (χ0n) is 34.1. The molecule has 0 aliphatic heterocycles. The van der Waals surface area contributed by atoms with Crippen molar-refractivity contribution in [2.24, 2.45) is 0 Å². The van der Waals surface area contributed by atoms with Gasteiger partial charge in [0.05, 0.1) is 28.7 Å². The van der Waals surface area contributed by atoms with Crippen LogP contribution in [0.5, 0.6) is 0 Å². The Morgan fingerprint density at radius 2 is 0.762 bits per heavy atom. The molecule has 1 spiro atoms. The molecular formula is C59H36N4. The minimum absolute atomic E-state index is 0.625. The number of fused-ring (bicyclic) bond motifs is 15. The van der Waals surface area contributed by atoms with Crippen molar-refractivity contribution in [3.8, 4) is 34.4 Å². The zero-order valence-corrected chi connectivity index (χ0v) is 34.1. The van der Waals surface area contributed by atoms with Crippen LogP contribution in [0.1, 0.15) is 33.4 Å². The molecule has 2 aliphatic carbocycles. The minimum atomic E-state index is -0.642. The highest BCUT2D eigenvalue weighted by molar-refractivity contribution is 6.20. The first-order valence-corrected chi connectivity index (χ1v) is 21.2. The van der Waals surface area contributed by atoms with Crippen molar-refractivity contribution in [2.75, 3.05) is 9.80 Å². The Hall–Kier alpha value is -8.70. The van der Waals surface area contributed by atoms with Gasteiger partial charge < -0.3 is 9.80 Å². The van der Waals surface area contributed by atoms with Crippen LogP contribution in [0.15, 0.2) is 218 Å². The number of nitrogens with zero attached hydrogens (tertiary/aromatic N) is 4. The van der Waals surface area contributed by atoms with E-state index < -0.39 is 5.41 Å². The van der Waals surface area contributed by atoms with Crippen molar-refractivity contribution < 1.29 is 0 Å². The summed E-state index contributed by atoms with van der Waals surface area (Å²) in [5.74, 6) is 0. The van der Waals surface area contributed by atoms with E-state index in [1.807, 2.05) is 60.7 Å². The fraction of sp³-hybridized carbons (Fsp3) is 0.0169. The van der Waals surface area contributed by atoms with Gasteiger partial charge in [0, 0.05) is 34.1 Å². The molecule has 63 heavy (non-hydrogen) atoms. The Morgan fingerprint density at radius 3 is 1.32 bits per heavy atom. The maximum absolute atomic E-state index is 9.71. The van der Waals surface area contributed by atoms with Crippen LogP contribution in [0, 0.1) is 22.7 Å². The topological polar surface area (TPSA) is 54.1 Å². The minimum Gasteiger partial charge on any atom is -0.310 e. The van der Waals surface area contributed by atoms with E-state index in [0.29, 0.717) is 11.1 Å². The van der Waals surface area contributed by atoms with Gasteiger partial charge in [0.15, 0.2) is 0 Å². The van der Waals surface area contributed by atoms with Gasteiger partial charge in [-0.3, -0.25) is 0 Å². The van der Waals surface area contributed by atoms with Gasteiger partial charge in [-0.2, -0.15) is 10.5 Å². The van der Waals surface area contributed by atoms with E-state index in [0.717, 1.165) is 34.1 Å².